The van der Waals surface area contributed by atoms with E-state index in [9.17, 15) is 0 Å². The smallest absolute Gasteiger partial charge is 0.300 e. The molecule has 0 spiro atoms. The molecule has 1 saturated heterocycles. The minimum atomic E-state index is -0.833. The number of ether oxygens (including phenoxy) is 1. The Kier molecular flexibility index (Phi) is 16.5. The minimum absolute atomic E-state index is 0.194. The summed E-state index contributed by atoms with van der Waals surface area (Å²) in [4.78, 5) is 9.00. The summed E-state index contributed by atoms with van der Waals surface area (Å²) in [6.07, 6.45) is 2.56. The fourth-order valence-corrected chi connectivity index (χ4v) is 0.510. The van der Waals surface area contributed by atoms with Gasteiger partial charge in [0.25, 0.3) is 5.97 Å². The van der Waals surface area contributed by atoms with E-state index in [0.29, 0.717) is 0 Å². The Hall–Kier alpha value is 0.01000. The van der Waals surface area contributed by atoms with Gasteiger partial charge in [-0.05, 0) is 12.8 Å². The number of aliphatic carboxylic acids is 1. The highest BCUT2D eigenvalue weighted by Gasteiger charge is 1.94. The zero-order valence-corrected chi connectivity index (χ0v) is 8.57. The van der Waals surface area contributed by atoms with Crippen LogP contribution in [-0.4, -0.2) is 29.6 Å². The number of rotatable bonds is 0. The lowest BCUT2D eigenvalue weighted by Gasteiger charge is -1.76. The van der Waals surface area contributed by atoms with Crippen molar-refractivity contribution >= 4 is 29.2 Å². The summed E-state index contributed by atoms with van der Waals surface area (Å²) in [5.74, 6) is -0.833. The van der Waals surface area contributed by atoms with Gasteiger partial charge in [0.15, 0.2) is 0 Å². The van der Waals surface area contributed by atoms with E-state index < -0.39 is 5.97 Å². The first kappa shape index (κ1) is 14.5. The number of carboxylic acid groups (broad SMARTS) is 1. The maximum atomic E-state index is 9.00. The lowest BCUT2D eigenvalue weighted by molar-refractivity contribution is -0.134. The van der Waals surface area contributed by atoms with Crippen molar-refractivity contribution in [2.24, 2.45) is 0 Å². The molecule has 1 aliphatic heterocycles. The first-order valence-electron chi connectivity index (χ1n) is 3.54. The zero-order valence-electron chi connectivity index (χ0n) is 7.06. The van der Waals surface area contributed by atoms with Crippen LogP contribution in [0.1, 0.15) is 19.8 Å². The molecule has 5 heteroatoms. The third-order valence-corrected chi connectivity index (χ3v) is 0.827. The summed E-state index contributed by atoms with van der Waals surface area (Å²) in [6, 6.07) is 0. The Bertz CT molecular complexity index is 83.0. The molecule has 0 amide bonds. The van der Waals surface area contributed by atoms with Gasteiger partial charge in [-0.2, -0.15) is 0 Å². The molecule has 3 nitrogen and oxygen atoms in total. The van der Waals surface area contributed by atoms with Crippen molar-refractivity contribution in [3.05, 3.63) is 0 Å². The lowest BCUT2D eigenvalue weighted by Crippen LogP contribution is -1.78. The van der Waals surface area contributed by atoms with E-state index in [1.165, 1.54) is 12.8 Å². The van der Waals surface area contributed by atoms with Crippen LogP contribution in [-0.2, 0) is 9.53 Å². The van der Waals surface area contributed by atoms with Gasteiger partial charge in [-0.1, -0.05) is 0 Å². The standard InChI is InChI=1S/C4H8O.C2H4O2.CH2Cl2/c1-2-4-5-3-1;1-2(3)4;2-1-3/h1-4H2;1H3,(H,3,4);1H2. The molecular weight excluding hydrogens is 203 g/mol. The second kappa shape index (κ2) is 13.6. The van der Waals surface area contributed by atoms with Crippen molar-refractivity contribution in [3.8, 4) is 0 Å². The second-order valence-corrected chi connectivity index (χ2v) is 2.75. The molecule has 1 rings (SSSR count). The molecule has 0 unspecified atom stereocenters. The maximum Gasteiger partial charge on any atom is 0.300 e. The Morgan fingerprint density at radius 1 is 1.42 bits per heavy atom. The SMILES string of the molecule is C1CCOC1.CC(=O)O.ClCCl. The molecule has 1 fully saturated rings. The number of hydrogen-bond acceptors (Lipinski definition) is 2. The van der Waals surface area contributed by atoms with Crippen LogP contribution in [0.4, 0.5) is 0 Å². The van der Waals surface area contributed by atoms with Gasteiger partial charge in [0, 0.05) is 20.1 Å². The topological polar surface area (TPSA) is 46.5 Å². The molecule has 1 N–H and O–H groups in total. The Labute approximate surface area is 82.6 Å². The molecular formula is C7H14Cl2O3. The Morgan fingerprint density at radius 3 is 1.75 bits per heavy atom. The third kappa shape index (κ3) is 32.4. The summed E-state index contributed by atoms with van der Waals surface area (Å²) in [6.45, 7) is 3.08. The van der Waals surface area contributed by atoms with Crippen LogP contribution < -0.4 is 0 Å². The van der Waals surface area contributed by atoms with E-state index in [2.05, 4.69) is 0 Å². The fraction of sp³-hybridized carbons (Fsp3) is 0.857. The number of hydrogen-bond donors (Lipinski definition) is 1. The van der Waals surface area contributed by atoms with Crippen molar-refractivity contribution in [3.63, 3.8) is 0 Å². The number of halogens is 2. The predicted octanol–water partition coefficient (Wildman–Crippen LogP) is 2.31. The van der Waals surface area contributed by atoms with Gasteiger partial charge in [0.2, 0.25) is 0 Å². The Balaban J connectivity index is 0. The van der Waals surface area contributed by atoms with Crippen LogP contribution in [0.5, 0.6) is 0 Å². The largest absolute Gasteiger partial charge is 0.481 e. The predicted molar refractivity (Wildman–Crippen MR) is 49.9 cm³/mol. The molecule has 0 aromatic rings. The summed E-state index contributed by atoms with van der Waals surface area (Å²) >= 11 is 9.53. The van der Waals surface area contributed by atoms with E-state index in [0.717, 1.165) is 20.1 Å². The molecule has 0 radical (unpaired) electrons. The van der Waals surface area contributed by atoms with Gasteiger partial charge in [-0.25, -0.2) is 0 Å². The van der Waals surface area contributed by atoms with E-state index in [1.807, 2.05) is 0 Å². The number of alkyl halides is 2. The fourth-order valence-electron chi connectivity index (χ4n) is 0.510. The van der Waals surface area contributed by atoms with E-state index in [1.54, 1.807) is 0 Å². The summed E-state index contributed by atoms with van der Waals surface area (Å²) in [5.41, 5.74) is 0. The molecule has 0 aromatic carbocycles. The van der Waals surface area contributed by atoms with Gasteiger partial charge in [-0.15, -0.1) is 23.2 Å². The molecule has 0 bridgehead atoms. The normalized spacial score (nSPS) is 13.6. The molecule has 0 aliphatic carbocycles. The van der Waals surface area contributed by atoms with Crippen LogP contribution in [0.2, 0.25) is 0 Å². The van der Waals surface area contributed by atoms with Crippen molar-refractivity contribution in [1.29, 1.82) is 0 Å². The van der Waals surface area contributed by atoms with E-state index in [4.69, 9.17) is 37.8 Å². The summed E-state index contributed by atoms with van der Waals surface area (Å²) < 4.78 is 4.94. The van der Waals surface area contributed by atoms with Gasteiger partial charge in [-0.3, -0.25) is 4.79 Å². The number of carbonyl (C=O) groups is 1. The highest BCUT2D eigenvalue weighted by Crippen LogP contribution is 1.98. The molecule has 1 aliphatic rings. The molecule has 12 heavy (non-hydrogen) atoms. The quantitative estimate of drug-likeness (QED) is 0.633. The van der Waals surface area contributed by atoms with E-state index >= 15 is 0 Å². The second-order valence-electron chi connectivity index (χ2n) is 1.94. The van der Waals surface area contributed by atoms with Gasteiger partial charge in [0.1, 0.15) is 0 Å². The van der Waals surface area contributed by atoms with Crippen LogP contribution in [0.3, 0.4) is 0 Å². The van der Waals surface area contributed by atoms with Gasteiger partial charge >= 0.3 is 0 Å². The average Bonchev–Trinajstić information content (AvgIpc) is 2.40. The van der Waals surface area contributed by atoms with Crippen molar-refractivity contribution in [2.75, 3.05) is 18.6 Å². The van der Waals surface area contributed by atoms with Crippen molar-refractivity contribution < 1.29 is 14.6 Å². The molecule has 74 valence electrons. The lowest BCUT2D eigenvalue weighted by atomic mass is 10.4. The highest BCUT2D eigenvalue weighted by molar-refractivity contribution is 6.40. The van der Waals surface area contributed by atoms with Crippen LogP contribution in [0, 0.1) is 0 Å². The summed E-state index contributed by atoms with van der Waals surface area (Å²) in [7, 11) is 0. The van der Waals surface area contributed by atoms with Crippen LogP contribution in [0.15, 0.2) is 0 Å². The summed E-state index contributed by atoms with van der Waals surface area (Å²) in [5, 5.41) is 7.61. The molecule has 0 aromatic heterocycles. The van der Waals surface area contributed by atoms with Gasteiger partial charge in [0.05, 0.1) is 5.34 Å². The van der Waals surface area contributed by atoms with Gasteiger partial charge < -0.3 is 9.84 Å². The zero-order chi connectivity index (χ0) is 9.82. The molecule has 0 saturated carbocycles. The first-order valence-corrected chi connectivity index (χ1v) is 4.61. The van der Waals surface area contributed by atoms with Crippen LogP contribution in [0.25, 0.3) is 0 Å². The monoisotopic (exact) mass is 216 g/mol. The highest BCUT2D eigenvalue weighted by atomic mass is 35.5. The third-order valence-electron chi connectivity index (χ3n) is 0.827. The van der Waals surface area contributed by atoms with Crippen molar-refractivity contribution in [1.82, 2.24) is 0 Å². The number of carboxylic acids is 1. The van der Waals surface area contributed by atoms with Crippen LogP contribution >= 0.6 is 23.2 Å². The Morgan fingerprint density at radius 2 is 1.67 bits per heavy atom. The van der Waals surface area contributed by atoms with E-state index in [-0.39, 0.29) is 5.34 Å². The van der Waals surface area contributed by atoms with Crippen molar-refractivity contribution in [2.45, 2.75) is 19.8 Å². The first-order chi connectivity index (χ1) is 5.65. The average molecular weight is 217 g/mol. The minimum Gasteiger partial charge on any atom is -0.481 e. The molecule has 0 atom stereocenters. The molecule has 1 heterocycles. The maximum absolute atomic E-state index is 9.00.